The van der Waals surface area contributed by atoms with Gasteiger partial charge in [-0.3, -0.25) is 9.59 Å². The molecule has 3 fully saturated rings. The summed E-state index contributed by atoms with van der Waals surface area (Å²) in [5.41, 5.74) is 0.464. The van der Waals surface area contributed by atoms with Gasteiger partial charge in [-0.2, -0.15) is 0 Å². The van der Waals surface area contributed by atoms with Crippen LogP contribution < -0.4 is 0 Å². The number of ketones is 2. The summed E-state index contributed by atoms with van der Waals surface area (Å²) in [6.45, 7) is 10.9. The first-order valence-corrected chi connectivity index (χ1v) is 10.7. The van der Waals surface area contributed by atoms with Crippen LogP contribution in [-0.2, 0) is 9.59 Å². The van der Waals surface area contributed by atoms with E-state index in [1.807, 2.05) is 6.92 Å². The normalized spacial score (nSPS) is 51.3. The largest absolute Gasteiger partial charge is 0.393 e. The summed E-state index contributed by atoms with van der Waals surface area (Å²) >= 11 is 0. The highest BCUT2D eigenvalue weighted by atomic mass is 16.3. The van der Waals surface area contributed by atoms with Gasteiger partial charge in [-0.25, -0.2) is 0 Å². The molecule has 27 heavy (non-hydrogen) atoms. The third-order valence-corrected chi connectivity index (χ3v) is 9.57. The molecular weight excluding hydrogens is 336 g/mol. The molecule has 0 aliphatic heterocycles. The fourth-order valence-corrected chi connectivity index (χ4v) is 7.84. The number of aliphatic hydroxyl groups excluding tert-OH is 1. The van der Waals surface area contributed by atoms with Gasteiger partial charge in [0.15, 0.2) is 5.78 Å². The summed E-state index contributed by atoms with van der Waals surface area (Å²) in [5, 5.41) is 11.4. The minimum absolute atomic E-state index is 0.0756. The van der Waals surface area contributed by atoms with Crippen LogP contribution in [0.2, 0.25) is 0 Å². The second kappa shape index (κ2) is 5.89. The molecule has 148 valence electrons. The van der Waals surface area contributed by atoms with Crippen molar-refractivity contribution in [1.29, 1.82) is 0 Å². The number of carbonyl (C=O) groups is 2. The van der Waals surface area contributed by atoms with Crippen molar-refractivity contribution < 1.29 is 14.7 Å². The topological polar surface area (TPSA) is 54.4 Å². The molecule has 3 nitrogen and oxygen atoms in total. The molecule has 0 aromatic rings. The molecule has 1 N–H and O–H groups in total. The number of hydrogen-bond acceptors (Lipinski definition) is 3. The van der Waals surface area contributed by atoms with Crippen LogP contribution in [0, 0.1) is 39.9 Å². The van der Waals surface area contributed by atoms with Crippen LogP contribution in [0.4, 0.5) is 0 Å². The van der Waals surface area contributed by atoms with Crippen LogP contribution >= 0.6 is 0 Å². The van der Waals surface area contributed by atoms with E-state index in [1.54, 1.807) is 12.2 Å². The van der Waals surface area contributed by atoms with E-state index < -0.39 is 6.10 Å². The summed E-state index contributed by atoms with van der Waals surface area (Å²) in [7, 11) is 0. The van der Waals surface area contributed by atoms with Crippen molar-refractivity contribution >= 4 is 11.6 Å². The maximum atomic E-state index is 13.1. The molecule has 0 aromatic heterocycles. The molecule has 0 bridgehead atoms. The van der Waals surface area contributed by atoms with Crippen molar-refractivity contribution in [3.05, 3.63) is 23.8 Å². The van der Waals surface area contributed by atoms with E-state index in [2.05, 4.69) is 33.8 Å². The molecule has 3 saturated carbocycles. The Balaban J connectivity index is 1.78. The van der Waals surface area contributed by atoms with Crippen molar-refractivity contribution in [2.45, 2.75) is 72.8 Å². The van der Waals surface area contributed by atoms with Gasteiger partial charge in [0.05, 0.1) is 6.10 Å². The average Bonchev–Trinajstić information content (AvgIpc) is 2.82. The molecule has 0 saturated heterocycles. The van der Waals surface area contributed by atoms with Crippen LogP contribution in [0.1, 0.15) is 66.7 Å². The Hall–Kier alpha value is -1.22. The lowest BCUT2D eigenvalue weighted by atomic mass is 9.44. The van der Waals surface area contributed by atoms with Crippen molar-refractivity contribution in [3.63, 3.8) is 0 Å². The van der Waals surface area contributed by atoms with Gasteiger partial charge in [0.1, 0.15) is 5.78 Å². The summed E-state index contributed by atoms with van der Waals surface area (Å²) in [6.07, 6.45) is 9.41. The lowest BCUT2D eigenvalue weighted by molar-refractivity contribution is -0.155. The Morgan fingerprint density at radius 3 is 2.67 bits per heavy atom. The van der Waals surface area contributed by atoms with E-state index >= 15 is 0 Å². The fraction of sp³-hybridized carbons (Fsp3) is 0.750. The quantitative estimate of drug-likeness (QED) is 0.779. The first-order valence-electron chi connectivity index (χ1n) is 10.7. The number of allylic oxidation sites excluding steroid dienone is 4. The van der Waals surface area contributed by atoms with Crippen LogP contribution in [0.5, 0.6) is 0 Å². The van der Waals surface area contributed by atoms with E-state index in [0.717, 1.165) is 19.3 Å². The maximum Gasteiger partial charge on any atom is 0.178 e. The van der Waals surface area contributed by atoms with Crippen molar-refractivity contribution in [3.8, 4) is 0 Å². The standard InChI is InChI=1S/C24H34O3/c1-6-20(27)24(5)14(2)11-18-17-8-7-15-12-16(25)9-10-22(15,3)21(17)19(26)13-23(18,24)4/h9-10,12,14,17-19,21,26H,6-8,11,13H2,1-5H3/t14-,17+,18-,19+,21+,22+,23+,24-/m1/s1. The molecule has 0 aromatic carbocycles. The zero-order chi connectivity index (χ0) is 19.8. The zero-order valence-electron chi connectivity index (χ0n) is 17.4. The summed E-state index contributed by atoms with van der Waals surface area (Å²) < 4.78 is 0. The Morgan fingerprint density at radius 1 is 1.30 bits per heavy atom. The molecule has 0 heterocycles. The molecule has 4 rings (SSSR count). The maximum absolute atomic E-state index is 13.1. The van der Waals surface area contributed by atoms with Gasteiger partial charge in [-0.15, -0.1) is 0 Å². The highest BCUT2D eigenvalue weighted by molar-refractivity contribution is 6.01. The number of Topliss-reactive ketones (excluding diaryl/α,β-unsaturated/α-hetero) is 1. The van der Waals surface area contributed by atoms with Crippen LogP contribution in [0.25, 0.3) is 0 Å². The SMILES string of the molecule is CCC(=O)[C@@]1(C)[C@H](C)C[C@@H]2[C@@H]3CCC4=CC(=O)C=C[C@]4(C)[C@@H]3[C@@H](O)C[C@@]21C. The molecule has 0 spiro atoms. The van der Waals surface area contributed by atoms with Gasteiger partial charge in [0, 0.05) is 23.2 Å². The van der Waals surface area contributed by atoms with Crippen molar-refractivity contribution in [2.75, 3.05) is 0 Å². The summed E-state index contributed by atoms with van der Waals surface area (Å²) in [4.78, 5) is 25.0. The number of hydrogen-bond donors (Lipinski definition) is 1. The smallest absolute Gasteiger partial charge is 0.178 e. The second-order valence-corrected chi connectivity index (χ2v) is 10.3. The molecule has 0 amide bonds. The van der Waals surface area contributed by atoms with E-state index in [4.69, 9.17) is 0 Å². The third kappa shape index (κ3) is 2.24. The highest BCUT2D eigenvalue weighted by Gasteiger charge is 2.68. The average molecular weight is 371 g/mol. The molecule has 0 unspecified atom stereocenters. The Morgan fingerprint density at radius 2 is 2.00 bits per heavy atom. The molecule has 3 heteroatoms. The van der Waals surface area contributed by atoms with Crippen LogP contribution in [0.15, 0.2) is 23.8 Å². The second-order valence-electron chi connectivity index (χ2n) is 10.3. The van der Waals surface area contributed by atoms with Gasteiger partial charge < -0.3 is 5.11 Å². The van der Waals surface area contributed by atoms with E-state index in [1.165, 1.54) is 5.57 Å². The lowest BCUT2D eigenvalue weighted by Gasteiger charge is -2.60. The minimum atomic E-state index is -0.433. The number of fused-ring (bicyclic) bond motifs is 5. The van der Waals surface area contributed by atoms with E-state index in [9.17, 15) is 14.7 Å². The molecule has 4 aliphatic rings. The van der Waals surface area contributed by atoms with Gasteiger partial charge in [-0.1, -0.05) is 46.3 Å². The predicted octanol–water partition coefficient (Wildman–Crippen LogP) is 4.50. The summed E-state index contributed by atoms with van der Waals surface area (Å²) in [5.74, 6) is 1.80. The minimum Gasteiger partial charge on any atom is -0.393 e. The molecular formula is C24H34O3. The van der Waals surface area contributed by atoms with Gasteiger partial charge in [0.2, 0.25) is 0 Å². The van der Waals surface area contributed by atoms with Gasteiger partial charge in [0.25, 0.3) is 0 Å². The summed E-state index contributed by atoms with van der Waals surface area (Å²) in [6, 6.07) is 0. The first-order chi connectivity index (χ1) is 12.6. The Labute approximate surface area is 163 Å². The number of rotatable bonds is 2. The monoisotopic (exact) mass is 370 g/mol. The predicted molar refractivity (Wildman–Crippen MR) is 106 cm³/mol. The lowest BCUT2D eigenvalue weighted by Crippen LogP contribution is -2.58. The van der Waals surface area contributed by atoms with Crippen LogP contribution in [0.3, 0.4) is 0 Å². The molecule has 8 atom stereocenters. The highest BCUT2D eigenvalue weighted by Crippen LogP contribution is 2.71. The Bertz CT molecular complexity index is 749. The van der Waals surface area contributed by atoms with Gasteiger partial charge in [-0.05, 0) is 61.0 Å². The third-order valence-electron chi connectivity index (χ3n) is 9.57. The van der Waals surface area contributed by atoms with E-state index in [0.29, 0.717) is 36.4 Å². The fourth-order valence-electron chi connectivity index (χ4n) is 7.84. The van der Waals surface area contributed by atoms with Crippen molar-refractivity contribution in [2.24, 2.45) is 39.9 Å². The first kappa shape index (κ1) is 19.1. The Kier molecular flexibility index (Phi) is 4.17. The van der Waals surface area contributed by atoms with Crippen molar-refractivity contribution in [1.82, 2.24) is 0 Å². The zero-order valence-corrected chi connectivity index (χ0v) is 17.4. The number of carbonyl (C=O) groups excluding carboxylic acids is 2. The number of aliphatic hydroxyl groups is 1. The van der Waals surface area contributed by atoms with Gasteiger partial charge >= 0.3 is 0 Å². The molecule has 0 radical (unpaired) electrons. The van der Waals surface area contributed by atoms with Crippen LogP contribution in [-0.4, -0.2) is 22.8 Å². The molecule has 4 aliphatic carbocycles. The van der Waals surface area contributed by atoms with E-state index in [-0.39, 0.29) is 27.9 Å².